The molecular weight excluding hydrogens is 382 g/mol. The summed E-state index contributed by atoms with van der Waals surface area (Å²) in [5, 5.41) is 5.89. The Kier molecular flexibility index (Phi) is 9.45. The highest BCUT2D eigenvalue weighted by atomic mass is 35.5. The van der Waals surface area contributed by atoms with Gasteiger partial charge in [0.2, 0.25) is 5.91 Å². The van der Waals surface area contributed by atoms with Crippen molar-refractivity contribution in [2.45, 2.75) is 32.8 Å². The number of hydrogen-bond acceptors (Lipinski definition) is 5. The molecule has 1 aliphatic heterocycles. The number of anilines is 1. The molecule has 1 amide bonds. The Morgan fingerprint density at radius 3 is 2.56 bits per heavy atom. The first-order chi connectivity index (χ1) is 12.4. The van der Waals surface area contributed by atoms with Gasteiger partial charge in [-0.25, -0.2) is 4.79 Å². The van der Waals surface area contributed by atoms with E-state index in [1.807, 2.05) is 6.92 Å². The number of hydrogen-bond donors (Lipinski definition) is 2. The fraction of sp³-hybridized carbons (Fsp3) is 0.556. The molecule has 1 heterocycles. The van der Waals surface area contributed by atoms with E-state index in [-0.39, 0.29) is 47.7 Å². The van der Waals surface area contributed by atoms with Crippen LogP contribution in [0, 0.1) is 11.8 Å². The van der Waals surface area contributed by atoms with Gasteiger partial charge in [-0.1, -0.05) is 6.92 Å². The predicted octanol–water partition coefficient (Wildman–Crippen LogP) is 3.46. The van der Waals surface area contributed by atoms with Gasteiger partial charge in [0.05, 0.1) is 18.4 Å². The molecule has 1 aliphatic rings. The van der Waals surface area contributed by atoms with E-state index < -0.39 is 12.6 Å². The van der Waals surface area contributed by atoms with E-state index in [0.717, 1.165) is 32.0 Å². The Balaban J connectivity index is 0.00000364. The van der Waals surface area contributed by atoms with Crippen molar-refractivity contribution in [3.63, 3.8) is 0 Å². The molecular formula is C18H25ClF2N2O4. The third-order valence-electron chi connectivity index (χ3n) is 4.59. The summed E-state index contributed by atoms with van der Waals surface area (Å²) in [6.45, 7) is 0.829. The van der Waals surface area contributed by atoms with Crippen molar-refractivity contribution in [2.75, 3.05) is 25.5 Å². The van der Waals surface area contributed by atoms with Crippen LogP contribution in [0.25, 0.3) is 0 Å². The minimum absolute atomic E-state index is 0. The maximum absolute atomic E-state index is 12.6. The summed E-state index contributed by atoms with van der Waals surface area (Å²) in [5.74, 6) is -0.584. The average molecular weight is 407 g/mol. The zero-order valence-corrected chi connectivity index (χ0v) is 16.1. The molecule has 1 unspecified atom stereocenters. The van der Waals surface area contributed by atoms with E-state index in [9.17, 15) is 18.4 Å². The molecule has 0 spiro atoms. The predicted molar refractivity (Wildman–Crippen MR) is 99.7 cm³/mol. The quantitative estimate of drug-likeness (QED) is 0.678. The van der Waals surface area contributed by atoms with Crippen LogP contribution in [0.4, 0.5) is 14.5 Å². The van der Waals surface area contributed by atoms with E-state index >= 15 is 0 Å². The Morgan fingerprint density at radius 2 is 1.96 bits per heavy atom. The first-order valence-corrected chi connectivity index (χ1v) is 8.58. The lowest BCUT2D eigenvalue weighted by Crippen LogP contribution is -2.32. The number of carbonyl (C=O) groups is 2. The summed E-state index contributed by atoms with van der Waals surface area (Å²) in [7, 11) is 1.19. The fourth-order valence-corrected chi connectivity index (χ4v) is 3.14. The first-order valence-electron chi connectivity index (χ1n) is 8.58. The SMILES string of the molecule is COC(=O)c1ccc(NC(=O)CC(C)C2CCNCC2)c(OC(F)F)c1.Cl. The van der Waals surface area contributed by atoms with Crippen molar-refractivity contribution in [3.05, 3.63) is 23.8 Å². The molecule has 9 heteroatoms. The zero-order chi connectivity index (χ0) is 19.1. The van der Waals surface area contributed by atoms with Crippen LogP contribution in [0.3, 0.4) is 0 Å². The standard InChI is InChI=1S/C18H24F2N2O4.ClH/c1-11(12-5-7-21-8-6-12)9-16(23)22-14-4-3-13(17(24)25-2)10-15(14)26-18(19)20;/h3-4,10-12,18,21H,5-9H2,1-2H3,(H,22,23);1H. The Bertz CT molecular complexity index is 640. The number of carbonyl (C=O) groups excluding carboxylic acids is 2. The second-order valence-electron chi connectivity index (χ2n) is 6.40. The number of methoxy groups -OCH3 is 1. The molecule has 0 bridgehead atoms. The van der Waals surface area contributed by atoms with Crippen molar-refractivity contribution in [1.29, 1.82) is 0 Å². The molecule has 1 fully saturated rings. The van der Waals surface area contributed by atoms with E-state index in [1.165, 1.54) is 19.2 Å². The van der Waals surface area contributed by atoms with E-state index in [2.05, 4.69) is 20.1 Å². The minimum atomic E-state index is -3.08. The van der Waals surface area contributed by atoms with E-state index in [4.69, 9.17) is 0 Å². The number of amides is 1. The van der Waals surface area contributed by atoms with Gasteiger partial charge in [-0.3, -0.25) is 4.79 Å². The lowest BCUT2D eigenvalue weighted by atomic mass is 9.84. The summed E-state index contributed by atoms with van der Waals surface area (Å²) >= 11 is 0. The van der Waals surface area contributed by atoms with E-state index in [0.29, 0.717) is 5.92 Å². The largest absolute Gasteiger partial charge is 0.465 e. The van der Waals surface area contributed by atoms with Crippen LogP contribution >= 0.6 is 12.4 Å². The van der Waals surface area contributed by atoms with Crippen molar-refractivity contribution in [2.24, 2.45) is 11.8 Å². The van der Waals surface area contributed by atoms with Crippen molar-refractivity contribution in [3.8, 4) is 5.75 Å². The summed E-state index contributed by atoms with van der Waals surface area (Å²) in [6.07, 6.45) is 2.32. The highest BCUT2D eigenvalue weighted by molar-refractivity contribution is 5.95. The maximum atomic E-state index is 12.6. The van der Waals surface area contributed by atoms with Crippen LogP contribution in [-0.2, 0) is 9.53 Å². The number of benzene rings is 1. The number of esters is 1. The fourth-order valence-electron chi connectivity index (χ4n) is 3.14. The van der Waals surface area contributed by atoms with Gasteiger partial charge < -0.3 is 20.1 Å². The molecule has 2 rings (SSSR count). The summed E-state index contributed by atoms with van der Waals surface area (Å²) in [5.41, 5.74) is 0.157. The van der Waals surface area contributed by atoms with Gasteiger partial charge in [0.25, 0.3) is 0 Å². The van der Waals surface area contributed by atoms with Crippen LogP contribution in [0.15, 0.2) is 18.2 Å². The minimum Gasteiger partial charge on any atom is -0.465 e. The molecule has 6 nitrogen and oxygen atoms in total. The molecule has 27 heavy (non-hydrogen) atoms. The van der Waals surface area contributed by atoms with Gasteiger partial charge in [-0.2, -0.15) is 8.78 Å². The summed E-state index contributed by atoms with van der Waals surface area (Å²) in [6, 6.07) is 3.87. The van der Waals surface area contributed by atoms with Gasteiger partial charge in [0.1, 0.15) is 5.75 Å². The van der Waals surface area contributed by atoms with Gasteiger partial charge in [-0.15, -0.1) is 12.4 Å². The summed E-state index contributed by atoms with van der Waals surface area (Å²) in [4.78, 5) is 23.9. The number of alkyl halides is 2. The van der Waals surface area contributed by atoms with Crippen LogP contribution in [0.5, 0.6) is 5.75 Å². The molecule has 0 saturated carbocycles. The van der Waals surface area contributed by atoms with Gasteiger partial charge in [0, 0.05) is 6.42 Å². The molecule has 1 aromatic rings. The highest BCUT2D eigenvalue weighted by Crippen LogP contribution is 2.29. The Hall–Kier alpha value is -1.93. The van der Waals surface area contributed by atoms with Crippen LogP contribution in [0.1, 0.15) is 36.5 Å². The average Bonchev–Trinajstić information content (AvgIpc) is 2.62. The van der Waals surface area contributed by atoms with Crippen LogP contribution in [-0.4, -0.2) is 38.7 Å². The van der Waals surface area contributed by atoms with Gasteiger partial charge >= 0.3 is 12.6 Å². The molecule has 0 radical (unpaired) electrons. The second-order valence-corrected chi connectivity index (χ2v) is 6.40. The molecule has 2 N–H and O–H groups in total. The lowest BCUT2D eigenvalue weighted by molar-refractivity contribution is -0.117. The number of piperidine rings is 1. The molecule has 1 saturated heterocycles. The van der Waals surface area contributed by atoms with E-state index in [1.54, 1.807) is 0 Å². The van der Waals surface area contributed by atoms with Crippen LogP contribution in [0.2, 0.25) is 0 Å². The monoisotopic (exact) mass is 406 g/mol. The Morgan fingerprint density at radius 1 is 1.30 bits per heavy atom. The highest BCUT2D eigenvalue weighted by Gasteiger charge is 2.23. The van der Waals surface area contributed by atoms with Crippen molar-refractivity contribution < 1.29 is 27.8 Å². The zero-order valence-electron chi connectivity index (χ0n) is 15.3. The molecule has 1 atom stereocenters. The third kappa shape index (κ3) is 6.95. The Labute approximate surface area is 163 Å². The second kappa shape index (κ2) is 11.0. The van der Waals surface area contributed by atoms with Gasteiger partial charge in [-0.05, 0) is 56.0 Å². The number of ether oxygens (including phenoxy) is 2. The maximum Gasteiger partial charge on any atom is 0.387 e. The topological polar surface area (TPSA) is 76.7 Å². The van der Waals surface area contributed by atoms with Gasteiger partial charge in [0.15, 0.2) is 0 Å². The van der Waals surface area contributed by atoms with Crippen LogP contribution < -0.4 is 15.4 Å². The number of rotatable bonds is 7. The first kappa shape index (κ1) is 23.1. The summed E-state index contributed by atoms with van der Waals surface area (Å²) < 4.78 is 34.3. The molecule has 1 aromatic carbocycles. The smallest absolute Gasteiger partial charge is 0.387 e. The molecule has 0 aromatic heterocycles. The lowest BCUT2D eigenvalue weighted by Gasteiger charge is -2.28. The normalized spacial score (nSPS) is 15.6. The molecule has 0 aliphatic carbocycles. The number of halogens is 3. The van der Waals surface area contributed by atoms with Crippen molar-refractivity contribution >= 4 is 30.0 Å². The number of nitrogens with one attached hydrogen (secondary N) is 2. The molecule has 152 valence electrons. The third-order valence-corrected chi connectivity index (χ3v) is 4.59. The van der Waals surface area contributed by atoms with Crippen molar-refractivity contribution in [1.82, 2.24) is 5.32 Å².